The zero-order valence-corrected chi connectivity index (χ0v) is 16.7. The second-order valence-corrected chi connectivity index (χ2v) is 7.96. The minimum Gasteiger partial charge on any atom is -0.497 e. The lowest BCUT2D eigenvalue weighted by atomic mass is 9.93. The fraction of sp³-hybridized carbons (Fsp3) is 0.261. The molecule has 2 aromatic carbocycles. The molecule has 4 nitrogen and oxygen atoms in total. The molecule has 1 aliphatic rings. The van der Waals surface area contributed by atoms with E-state index in [0.717, 1.165) is 24.3 Å². The molecule has 144 valence electrons. The summed E-state index contributed by atoms with van der Waals surface area (Å²) in [5.74, 6) is 0.871. The van der Waals surface area contributed by atoms with Crippen LogP contribution in [0.25, 0.3) is 0 Å². The van der Waals surface area contributed by atoms with E-state index in [0.29, 0.717) is 13.1 Å². The number of nitrogens with zero attached hydrogens (tertiary/aromatic N) is 1. The van der Waals surface area contributed by atoms with Gasteiger partial charge in [-0.25, -0.2) is 0 Å². The van der Waals surface area contributed by atoms with E-state index in [4.69, 9.17) is 4.74 Å². The van der Waals surface area contributed by atoms with E-state index in [9.17, 15) is 4.79 Å². The third-order valence-corrected chi connectivity index (χ3v) is 6.17. The Morgan fingerprint density at radius 3 is 2.68 bits per heavy atom. The Bertz CT molecular complexity index is 921. The number of amides is 1. The number of ether oxygens (including phenoxy) is 1. The summed E-state index contributed by atoms with van der Waals surface area (Å²) in [6.07, 6.45) is 1.00. The molecule has 1 amide bonds. The average Bonchev–Trinajstić information content (AvgIpc) is 3.22. The van der Waals surface area contributed by atoms with Crippen LogP contribution in [0.15, 0.2) is 66.0 Å². The van der Waals surface area contributed by atoms with Gasteiger partial charge in [0.05, 0.1) is 19.7 Å². The first kappa shape index (κ1) is 18.7. The molecule has 0 bridgehead atoms. The van der Waals surface area contributed by atoms with E-state index in [1.165, 1.54) is 16.0 Å². The molecule has 0 unspecified atom stereocenters. The zero-order chi connectivity index (χ0) is 19.3. The Morgan fingerprint density at radius 1 is 1.14 bits per heavy atom. The number of rotatable bonds is 6. The Morgan fingerprint density at radius 2 is 1.93 bits per heavy atom. The van der Waals surface area contributed by atoms with Crippen molar-refractivity contribution in [3.63, 3.8) is 0 Å². The summed E-state index contributed by atoms with van der Waals surface area (Å²) in [4.78, 5) is 16.4. The first-order valence-electron chi connectivity index (χ1n) is 9.49. The first-order chi connectivity index (χ1) is 13.7. The van der Waals surface area contributed by atoms with E-state index < -0.39 is 0 Å². The third-order valence-electron chi connectivity index (χ3n) is 5.18. The minimum absolute atomic E-state index is 0.0513. The second-order valence-electron chi connectivity index (χ2n) is 6.96. The summed E-state index contributed by atoms with van der Waals surface area (Å²) in [7, 11) is 1.65. The molecule has 0 spiro atoms. The van der Waals surface area contributed by atoms with Gasteiger partial charge in [0.15, 0.2) is 0 Å². The van der Waals surface area contributed by atoms with Gasteiger partial charge in [-0.2, -0.15) is 0 Å². The number of carbonyl (C=O) groups excluding carboxylic acids is 1. The van der Waals surface area contributed by atoms with Crippen molar-refractivity contribution in [2.24, 2.45) is 0 Å². The molecule has 0 radical (unpaired) electrons. The lowest BCUT2D eigenvalue weighted by Gasteiger charge is -2.35. The first-order valence-corrected chi connectivity index (χ1v) is 10.4. The highest BCUT2D eigenvalue weighted by atomic mass is 32.1. The molecule has 0 saturated carbocycles. The Hall–Kier alpha value is -2.63. The van der Waals surface area contributed by atoms with Crippen molar-refractivity contribution in [1.29, 1.82) is 0 Å². The van der Waals surface area contributed by atoms with Gasteiger partial charge in [-0.3, -0.25) is 9.69 Å². The molecular formula is C23H24N2O2S. The quantitative estimate of drug-likeness (QED) is 0.689. The van der Waals surface area contributed by atoms with Gasteiger partial charge >= 0.3 is 0 Å². The summed E-state index contributed by atoms with van der Waals surface area (Å²) in [6, 6.07) is 20.6. The summed E-state index contributed by atoms with van der Waals surface area (Å²) < 4.78 is 5.18. The largest absolute Gasteiger partial charge is 0.497 e. The van der Waals surface area contributed by atoms with Crippen LogP contribution in [0.3, 0.4) is 0 Å². The van der Waals surface area contributed by atoms with Crippen LogP contribution in [0.2, 0.25) is 0 Å². The number of hydrogen-bond donors (Lipinski definition) is 1. The van der Waals surface area contributed by atoms with Crippen LogP contribution in [0, 0.1) is 0 Å². The number of nitrogens with one attached hydrogen (secondary N) is 1. The highest BCUT2D eigenvalue weighted by Crippen LogP contribution is 2.37. The summed E-state index contributed by atoms with van der Waals surface area (Å²) in [5, 5.41) is 5.22. The maximum atomic E-state index is 12.7. The van der Waals surface area contributed by atoms with Crippen molar-refractivity contribution in [2.75, 3.05) is 20.2 Å². The molecule has 1 N–H and O–H groups in total. The van der Waals surface area contributed by atoms with Crippen LogP contribution in [0.1, 0.15) is 27.6 Å². The van der Waals surface area contributed by atoms with E-state index in [-0.39, 0.29) is 11.9 Å². The molecule has 2 heterocycles. The second kappa shape index (κ2) is 8.59. The van der Waals surface area contributed by atoms with Crippen LogP contribution in [-0.2, 0) is 17.8 Å². The van der Waals surface area contributed by atoms with Crippen molar-refractivity contribution in [1.82, 2.24) is 10.2 Å². The average molecular weight is 393 g/mol. The maximum absolute atomic E-state index is 12.7. The van der Waals surface area contributed by atoms with Gasteiger partial charge in [-0.05, 0) is 46.7 Å². The lowest BCUT2D eigenvalue weighted by Crippen LogP contribution is -2.42. The van der Waals surface area contributed by atoms with E-state index in [1.54, 1.807) is 7.11 Å². The minimum atomic E-state index is 0.0513. The molecule has 1 aliphatic heterocycles. The summed E-state index contributed by atoms with van der Waals surface area (Å²) in [6.45, 7) is 1.81. The molecule has 1 atom stereocenters. The van der Waals surface area contributed by atoms with E-state index in [1.807, 2.05) is 41.7 Å². The molecule has 3 aromatic rings. The standard InChI is InChI=1S/C23H24N2O2S/c1-27-19-9-7-17(8-10-19)15-24-22(26)16-25-13-11-21-20(12-14-28-21)23(25)18-5-3-2-4-6-18/h2-10,12,14,23H,11,13,15-16H2,1H3,(H,24,26)/t23-/m0/s1. The van der Waals surface area contributed by atoms with Crippen molar-refractivity contribution in [3.8, 4) is 5.75 Å². The highest BCUT2D eigenvalue weighted by molar-refractivity contribution is 7.10. The predicted molar refractivity (Wildman–Crippen MR) is 113 cm³/mol. The van der Waals surface area contributed by atoms with Crippen LogP contribution in [0.5, 0.6) is 5.75 Å². The molecule has 28 heavy (non-hydrogen) atoms. The summed E-state index contributed by atoms with van der Waals surface area (Å²) >= 11 is 1.82. The van der Waals surface area contributed by atoms with Crippen LogP contribution in [0.4, 0.5) is 0 Å². The van der Waals surface area contributed by atoms with Gasteiger partial charge in [0, 0.05) is 18.0 Å². The topological polar surface area (TPSA) is 41.6 Å². The number of benzene rings is 2. The van der Waals surface area contributed by atoms with Gasteiger partial charge in [-0.1, -0.05) is 42.5 Å². The van der Waals surface area contributed by atoms with Crippen LogP contribution in [-0.4, -0.2) is 31.0 Å². The monoisotopic (exact) mass is 392 g/mol. The molecule has 5 heteroatoms. The van der Waals surface area contributed by atoms with Crippen molar-refractivity contribution < 1.29 is 9.53 Å². The predicted octanol–water partition coefficient (Wildman–Crippen LogP) is 4.02. The fourth-order valence-corrected chi connectivity index (χ4v) is 4.65. The van der Waals surface area contributed by atoms with Gasteiger partial charge in [-0.15, -0.1) is 11.3 Å². The van der Waals surface area contributed by atoms with Gasteiger partial charge in [0.25, 0.3) is 0 Å². The number of thiophene rings is 1. The van der Waals surface area contributed by atoms with Crippen LogP contribution >= 0.6 is 11.3 Å². The molecule has 0 saturated heterocycles. The highest BCUT2D eigenvalue weighted by Gasteiger charge is 2.30. The smallest absolute Gasteiger partial charge is 0.234 e. The molecule has 0 aliphatic carbocycles. The molecule has 0 fully saturated rings. The molecule has 4 rings (SSSR count). The van der Waals surface area contributed by atoms with Crippen molar-refractivity contribution in [2.45, 2.75) is 19.0 Å². The van der Waals surface area contributed by atoms with E-state index >= 15 is 0 Å². The fourth-order valence-electron chi connectivity index (χ4n) is 3.75. The lowest BCUT2D eigenvalue weighted by molar-refractivity contribution is -0.122. The molecular weight excluding hydrogens is 368 g/mol. The van der Waals surface area contributed by atoms with Gasteiger partial charge < -0.3 is 10.1 Å². The third kappa shape index (κ3) is 4.11. The summed E-state index contributed by atoms with van der Waals surface area (Å²) in [5.41, 5.74) is 3.64. The van der Waals surface area contributed by atoms with Gasteiger partial charge in [0.1, 0.15) is 5.75 Å². The molecule has 1 aromatic heterocycles. The number of fused-ring (bicyclic) bond motifs is 1. The maximum Gasteiger partial charge on any atom is 0.234 e. The van der Waals surface area contributed by atoms with Crippen LogP contribution < -0.4 is 10.1 Å². The van der Waals surface area contributed by atoms with Gasteiger partial charge in [0.2, 0.25) is 5.91 Å². The normalized spacial score (nSPS) is 16.4. The SMILES string of the molecule is COc1ccc(CNC(=O)CN2CCc3sccc3[C@@H]2c2ccccc2)cc1. The number of hydrogen-bond acceptors (Lipinski definition) is 4. The van der Waals surface area contributed by atoms with Crippen molar-refractivity contribution >= 4 is 17.2 Å². The number of carbonyl (C=O) groups is 1. The Balaban J connectivity index is 1.44. The van der Waals surface area contributed by atoms with Crippen molar-refractivity contribution in [3.05, 3.63) is 87.6 Å². The van der Waals surface area contributed by atoms with E-state index in [2.05, 4.69) is 45.9 Å². The Kier molecular flexibility index (Phi) is 5.74. The number of methoxy groups -OCH3 is 1. The Labute approximate surface area is 169 Å². The zero-order valence-electron chi connectivity index (χ0n) is 15.9.